The summed E-state index contributed by atoms with van der Waals surface area (Å²) in [4.78, 5) is 28.4. The van der Waals surface area contributed by atoms with E-state index in [1.807, 2.05) is 42.1 Å². The third kappa shape index (κ3) is 4.16. The molecule has 1 aliphatic rings. The van der Waals surface area contributed by atoms with Crippen molar-refractivity contribution in [2.75, 3.05) is 14.2 Å². The molecule has 1 atom stereocenters. The van der Waals surface area contributed by atoms with Gasteiger partial charge in [-0.2, -0.15) is 0 Å². The number of Topliss-reactive ketones (excluding diaryl/α,β-unsaturated/α-hetero) is 1. The molecule has 0 bridgehead atoms. The van der Waals surface area contributed by atoms with Crippen LogP contribution in [-0.4, -0.2) is 40.5 Å². The maximum absolute atomic E-state index is 13.6. The summed E-state index contributed by atoms with van der Waals surface area (Å²) in [6, 6.07) is 15.3. The highest BCUT2D eigenvalue weighted by Gasteiger charge is 2.47. The van der Waals surface area contributed by atoms with Crippen LogP contribution < -0.4 is 9.47 Å². The van der Waals surface area contributed by atoms with Crippen molar-refractivity contribution in [3.8, 4) is 11.5 Å². The molecule has 3 aromatic carbocycles. The third-order valence-electron chi connectivity index (χ3n) is 6.76. The number of hydrogen-bond donors (Lipinski definition) is 1. The SMILES string of the molecule is COc1cc(OC)c(/C(O)=C2\C(=O)C(=O)N(Cc3ccc(F)cc3)C2c2cn(C)c3ccccc23)cc1Cl. The van der Waals surface area contributed by atoms with Crippen LogP contribution in [0, 0.1) is 5.82 Å². The summed E-state index contributed by atoms with van der Waals surface area (Å²) in [5.74, 6) is -1.94. The van der Waals surface area contributed by atoms with Crippen LogP contribution in [0.25, 0.3) is 16.7 Å². The van der Waals surface area contributed by atoms with Gasteiger partial charge in [-0.3, -0.25) is 9.59 Å². The highest BCUT2D eigenvalue weighted by Crippen LogP contribution is 2.45. The molecule has 0 spiro atoms. The number of carbonyl (C=O) groups is 2. The number of fused-ring (bicyclic) bond motifs is 1. The molecular formula is C29H24ClFN2O5. The van der Waals surface area contributed by atoms with E-state index in [1.165, 1.54) is 43.4 Å². The van der Waals surface area contributed by atoms with E-state index in [0.29, 0.717) is 16.9 Å². The number of amides is 1. The molecule has 1 amide bonds. The molecule has 9 heteroatoms. The van der Waals surface area contributed by atoms with Crippen LogP contribution in [0.1, 0.15) is 22.7 Å². The number of aliphatic hydroxyl groups excluding tert-OH is 1. The molecule has 1 aromatic heterocycles. The molecule has 1 aliphatic heterocycles. The number of methoxy groups -OCH3 is 2. The highest BCUT2D eigenvalue weighted by atomic mass is 35.5. The van der Waals surface area contributed by atoms with Crippen LogP contribution in [0.15, 0.2) is 72.4 Å². The first-order valence-electron chi connectivity index (χ1n) is 11.7. The number of aromatic nitrogens is 1. The Hall–Kier alpha value is -4.30. The predicted octanol–water partition coefficient (Wildman–Crippen LogP) is 5.61. The molecule has 194 valence electrons. The number of para-hydroxylation sites is 1. The Kier molecular flexibility index (Phi) is 6.59. The molecule has 5 rings (SSSR count). The van der Waals surface area contributed by atoms with E-state index in [1.54, 1.807) is 12.1 Å². The Balaban J connectivity index is 1.75. The zero-order chi connectivity index (χ0) is 27.1. The van der Waals surface area contributed by atoms with Crippen LogP contribution in [0.4, 0.5) is 4.39 Å². The number of rotatable bonds is 6. The van der Waals surface area contributed by atoms with E-state index in [-0.39, 0.29) is 28.5 Å². The number of aliphatic hydroxyl groups is 1. The van der Waals surface area contributed by atoms with Gasteiger partial charge in [-0.1, -0.05) is 41.9 Å². The second-order valence-electron chi connectivity index (χ2n) is 8.95. The summed E-state index contributed by atoms with van der Waals surface area (Å²) in [6.07, 6.45) is 1.84. The fourth-order valence-corrected chi connectivity index (χ4v) is 5.17. The maximum Gasteiger partial charge on any atom is 0.295 e. The van der Waals surface area contributed by atoms with Gasteiger partial charge in [0.15, 0.2) is 0 Å². The second kappa shape index (κ2) is 9.87. The Morgan fingerprint density at radius 3 is 2.39 bits per heavy atom. The summed E-state index contributed by atoms with van der Waals surface area (Å²) >= 11 is 6.35. The van der Waals surface area contributed by atoms with Crippen LogP contribution >= 0.6 is 11.6 Å². The molecule has 1 saturated heterocycles. The van der Waals surface area contributed by atoms with Crippen LogP contribution in [0.2, 0.25) is 5.02 Å². The minimum Gasteiger partial charge on any atom is -0.507 e. The van der Waals surface area contributed by atoms with Gasteiger partial charge in [-0.05, 0) is 29.8 Å². The molecule has 0 aliphatic carbocycles. The van der Waals surface area contributed by atoms with Crippen molar-refractivity contribution in [1.29, 1.82) is 0 Å². The first-order valence-corrected chi connectivity index (χ1v) is 12.1. The van der Waals surface area contributed by atoms with Gasteiger partial charge in [0, 0.05) is 42.3 Å². The van der Waals surface area contributed by atoms with Crippen molar-refractivity contribution >= 4 is 40.0 Å². The number of ketones is 1. The Morgan fingerprint density at radius 1 is 1.03 bits per heavy atom. The summed E-state index contributed by atoms with van der Waals surface area (Å²) in [5.41, 5.74) is 2.21. The van der Waals surface area contributed by atoms with Gasteiger partial charge >= 0.3 is 0 Å². The maximum atomic E-state index is 13.6. The molecule has 1 unspecified atom stereocenters. The average Bonchev–Trinajstić information content (AvgIpc) is 3.38. The summed E-state index contributed by atoms with van der Waals surface area (Å²) in [7, 11) is 4.72. The van der Waals surface area contributed by atoms with Crippen molar-refractivity contribution in [2.24, 2.45) is 7.05 Å². The van der Waals surface area contributed by atoms with E-state index < -0.39 is 29.3 Å². The molecule has 7 nitrogen and oxygen atoms in total. The predicted molar refractivity (Wildman–Crippen MR) is 142 cm³/mol. The van der Waals surface area contributed by atoms with Gasteiger partial charge in [-0.15, -0.1) is 0 Å². The van der Waals surface area contributed by atoms with Crippen molar-refractivity contribution < 1.29 is 28.6 Å². The van der Waals surface area contributed by atoms with Crippen molar-refractivity contribution in [2.45, 2.75) is 12.6 Å². The number of ether oxygens (including phenoxy) is 2. The zero-order valence-electron chi connectivity index (χ0n) is 20.9. The van der Waals surface area contributed by atoms with Crippen LogP contribution in [-0.2, 0) is 23.2 Å². The van der Waals surface area contributed by atoms with Crippen molar-refractivity contribution in [1.82, 2.24) is 9.47 Å². The molecule has 1 N–H and O–H groups in total. The largest absolute Gasteiger partial charge is 0.507 e. The fourth-order valence-electron chi connectivity index (χ4n) is 4.93. The zero-order valence-corrected chi connectivity index (χ0v) is 21.6. The Morgan fingerprint density at radius 2 is 1.71 bits per heavy atom. The molecule has 0 saturated carbocycles. The van der Waals surface area contributed by atoms with Crippen LogP contribution in [0.5, 0.6) is 11.5 Å². The normalized spacial score (nSPS) is 16.9. The van der Waals surface area contributed by atoms with Crippen LogP contribution in [0.3, 0.4) is 0 Å². The van der Waals surface area contributed by atoms with Gasteiger partial charge in [0.05, 0.1) is 36.4 Å². The Labute approximate surface area is 223 Å². The standard InChI is InChI=1S/C29H24ClFN2O5/c1-32-15-20(18-6-4-5-7-22(18)32)26-25(27(34)19-12-21(30)24(38-3)13-23(19)37-2)28(35)29(36)33(26)14-16-8-10-17(31)11-9-16/h4-13,15,26,34H,14H2,1-3H3/b27-25+. The Bertz CT molecular complexity index is 1610. The highest BCUT2D eigenvalue weighted by molar-refractivity contribution is 6.46. The number of carbonyl (C=O) groups excluding carboxylic acids is 2. The minimum atomic E-state index is -0.934. The fraction of sp³-hybridized carbons (Fsp3) is 0.172. The molecule has 2 heterocycles. The molecule has 0 radical (unpaired) electrons. The number of aryl methyl sites for hydroxylation is 1. The molecule has 1 fully saturated rings. The lowest BCUT2D eigenvalue weighted by Crippen LogP contribution is -2.29. The smallest absolute Gasteiger partial charge is 0.295 e. The average molecular weight is 535 g/mol. The van der Waals surface area contributed by atoms with E-state index in [0.717, 1.165) is 10.9 Å². The minimum absolute atomic E-state index is 0.0238. The number of benzene rings is 3. The molecule has 38 heavy (non-hydrogen) atoms. The first-order chi connectivity index (χ1) is 18.2. The van der Waals surface area contributed by atoms with Crippen molar-refractivity contribution in [3.05, 3.63) is 100.0 Å². The number of hydrogen-bond acceptors (Lipinski definition) is 5. The lowest BCUT2D eigenvalue weighted by molar-refractivity contribution is -0.140. The van der Waals surface area contributed by atoms with E-state index in [2.05, 4.69) is 0 Å². The molecule has 4 aromatic rings. The van der Waals surface area contributed by atoms with Gasteiger partial charge in [0.25, 0.3) is 11.7 Å². The third-order valence-corrected chi connectivity index (χ3v) is 7.05. The number of halogens is 2. The molecular weight excluding hydrogens is 511 g/mol. The first kappa shape index (κ1) is 25.4. The lowest BCUT2D eigenvalue weighted by atomic mass is 9.94. The van der Waals surface area contributed by atoms with E-state index in [9.17, 15) is 19.1 Å². The van der Waals surface area contributed by atoms with Gasteiger partial charge in [0.2, 0.25) is 0 Å². The number of likely N-dealkylation sites (tertiary alicyclic amines) is 1. The lowest BCUT2D eigenvalue weighted by Gasteiger charge is -2.25. The van der Waals surface area contributed by atoms with Crippen molar-refractivity contribution in [3.63, 3.8) is 0 Å². The van der Waals surface area contributed by atoms with Gasteiger partial charge in [0.1, 0.15) is 23.1 Å². The quantitative estimate of drug-likeness (QED) is 0.197. The van der Waals surface area contributed by atoms with E-state index >= 15 is 0 Å². The monoisotopic (exact) mass is 534 g/mol. The number of nitrogens with zero attached hydrogens (tertiary/aromatic N) is 2. The van der Waals surface area contributed by atoms with E-state index in [4.69, 9.17) is 21.1 Å². The second-order valence-corrected chi connectivity index (χ2v) is 9.36. The summed E-state index contributed by atoms with van der Waals surface area (Å²) < 4.78 is 26.2. The summed E-state index contributed by atoms with van der Waals surface area (Å²) in [5, 5.41) is 12.6. The topological polar surface area (TPSA) is 81.0 Å². The summed E-state index contributed by atoms with van der Waals surface area (Å²) in [6.45, 7) is 0.0238. The van der Waals surface area contributed by atoms with Gasteiger partial charge < -0.3 is 24.0 Å². The van der Waals surface area contributed by atoms with Gasteiger partial charge in [-0.25, -0.2) is 4.39 Å².